The van der Waals surface area contributed by atoms with Crippen molar-refractivity contribution in [3.05, 3.63) is 73.1 Å². The van der Waals surface area contributed by atoms with Gasteiger partial charge in [0, 0.05) is 17.3 Å². The Morgan fingerprint density at radius 1 is 0.931 bits per heavy atom. The number of sulfonamides is 1. The predicted octanol–water partition coefficient (Wildman–Crippen LogP) is 3.61. The summed E-state index contributed by atoms with van der Waals surface area (Å²) in [6.07, 6.45) is 2.97. The smallest absolute Gasteiger partial charge is 0.265 e. The average molecular weight is 408 g/mol. The van der Waals surface area contributed by atoms with Crippen molar-refractivity contribution in [3.63, 3.8) is 0 Å². The number of pyridine rings is 1. The van der Waals surface area contributed by atoms with Crippen LogP contribution in [0.4, 0.5) is 5.69 Å². The molecule has 0 unspecified atom stereocenters. The quantitative estimate of drug-likeness (QED) is 0.519. The molecule has 0 spiro atoms. The summed E-state index contributed by atoms with van der Waals surface area (Å²) in [5, 5.41) is 8.09. The van der Waals surface area contributed by atoms with E-state index in [0.29, 0.717) is 17.1 Å². The Morgan fingerprint density at radius 2 is 1.69 bits per heavy atom. The molecule has 0 fully saturated rings. The minimum absolute atomic E-state index is 0.0548. The number of aromatic nitrogens is 3. The molecule has 0 aliphatic carbocycles. The predicted molar refractivity (Wildman–Crippen MR) is 107 cm³/mol. The zero-order valence-electron chi connectivity index (χ0n) is 15.3. The van der Waals surface area contributed by atoms with E-state index in [2.05, 4.69) is 19.9 Å². The standard InChI is InChI=1S/C20H16N4O4S/c1-27-17-10-9-15(20-23-22-19(28-20)14-6-3-2-4-7-14)12-18(17)29(25,26)24-16-8-5-11-21-13-16/h2-13,24H,1H3. The summed E-state index contributed by atoms with van der Waals surface area (Å²) >= 11 is 0. The summed E-state index contributed by atoms with van der Waals surface area (Å²) in [5.74, 6) is 0.728. The molecule has 4 aromatic rings. The summed E-state index contributed by atoms with van der Waals surface area (Å²) in [4.78, 5) is 3.86. The van der Waals surface area contributed by atoms with Crippen LogP contribution in [0, 0.1) is 0 Å². The Labute approximate surface area is 167 Å². The van der Waals surface area contributed by atoms with Crippen molar-refractivity contribution in [3.8, 4) is 28.7 Å². The fourth-order valence-corrected chi connectivity index (χ4v) is 3.93. The van der Waals surface area contributed by atoms with Gasteiger partial charge in [0.05, 0.1) is 19.0 Å². The Balaban J connectivity index is 1.72. The summed E-state index contributed by atoms with van der Waals surface area (Å²) in [6, 6.07) is 17.2. The van der Waals surface area contributed by atoms with E-state index in [0.717, 1.165) is 5.56 Å². The number of hydrogen-bond acceptors (Lipinski definition) is 7. The van der Waals surface area contributed by atoms with E-state index in [-0.39, 0.29) is 16.5 Å². The van der Waals surface area contributed by atoms with Gasteiger partial charge >= 0.3 is 0 Å². The molecule has 0 atom stereocenters. The summed E-state index contributed by atoms with van der Waals surface area (Å²) < 4.78 is 39.3. The number of hydrogen-bond donors (Lipinski definition) is 1. The van der Waals surface area contributed by atoms with Gasteiger partial charge < -0.3 is 9.15 Å². The third kappa shape index (κ3) is 3.94. The molecule has 0 radical (unpaired) electrons. The molecule has 2 heterocycles. The first-order valence-electron chi connectivity index (χ1n) is 8.57. The third-order valence-corrected chi connectivity index (χ3v) is 5.46. The molecule has 9 heteroatoms. The maximum atomic E-state index is 12.9. The average Bonchev–Trinajstić information content (AvgIpc) is 3.25. The molecule has 0 amide bonds. The lowest BCUT2D eigenvalue weighted by Gasteiger charge is -2.12. The highest BCUT2D eigenvalue weighted by atomic mass is 32.2. The van der Waals surface area contributed by atoms with Crippen LogP contribution in [0.2, 0.25) is 0 Å². The molecule has 2 aromatic heterocycles. The summed E-state index contributed by atoms with van der Waals surface area (Å²) in [5.41, 5.74) is 1.56. The zero-order valence-corrected chi connectivity index (χ0v) is 16.1. The molecule has 0 bridgehead atoms. The molecule has 0 aliphatic heterocycles. The van der Waals surface area contributed by atoms with E-state index in [1.165, 1.54) is 19.4 Å². The Hall–Kier alpha value is -3.72. The molecule has 4 rings (SSSR count). The van der Waals surface area contributed by atoms with Crippen LogP contribution in [0.3, 0.4) is 0 Å². The van der Waals surface area contributed by atoms with Crippen LogP contribution in [0.25, 0.3) is 22.9 Å². The SMILES string of the molecule is COc1ccc(-c2nnc(-c3ccccc3)o2)cc1S(=O)(=O)Nc1cccnc1. The molecule has 29 heavy (non-hydrogen) atoms. The molecule has 1 N–H and O–H groups in total. The van der Waals surface area contributed by atoms with Crippen molar-refractivity contribution < 1.29 is 17.6 Å². The van der Waals surface area contributed by atoms with Crippen LogP contribution in [0.15, 0.2) is 82.4 Å². The van der Waals surface area contributed by atoms with E-state index >= 15 is 0 Å². The third-order valence-electron chi connectivity index (χ3n) is 4.06. The molecule has 8 nitrogen and oxygen atoms in total. The number of nitrogens with zero attached hydrogens (tertiary/aromatic N) is 3. The monoisotopic (exact) mass is 408 g/mol. The van der Waals surface area contributed by atoms with Crippen LogP contribution in [0.5, 0.6) is 5.75 Å². The van der Waals surface area contributed by atoms with Crippen LogP contribution in [-0.2, 0) is 10.0 Å². The Bertz CT molecular complexity index is 1230. The number of benzene rings is 2. The molecule has 0 saturated heterocycles. The van der Waals surface area contributed by atoms with Crippen LogP contribution in [-0.4, -0.2) is 30.7 Å². The van der Waals surface area contributed by atoms with E-state index in [1.54, 1.807) is 30.5 Å². The normalized spacial score (nSPS) is 11.2. The molecule has 0 aliphatic rings. The van der Waals surface area contributed by atoms with Gasteiger partial charge in [-0.1, -0.05) is 18.2 Å². The highest BCUT2D eigenvalue weighted by molar-refractivity contribution is 7.92. The number of methoxy groups -OCH3 is 1. The lowest BCUT2D eigenvalue weighted by molar-refractivity contribution is 0.403. The fraction of sp³-hybridized carbons (Fsp3) is 0.0500. The molecule has 2 aromatic carbocycles. The molecule has 0 saturated carbocycles. The van der Waals surface area contributed by atoms with Crippen LogP contribution in [0.1, 0.15) is 0 Å². The Morgan fingerprint density at radius 3 is 2.38 bits per heavy atom. The summed E-state index contributed by atoms with van der Waals surface area (Å²) in [6.45, 7) is 0. The van der Waals surface area contributed by atoms with E-state index in [9.17, 15) is 8.42 Å². The van der Waals surface area contributed by atoms with Crippen molar-refractivity contribution >= 4 is 15.7 Å². The van der Waals surface area contributed by atoms with E-state index in [4.69, 9.17) is 9.15 Å². The molecule has 146 valence electrons. The first-order chi connectivity index (χ1) is 14.1. The van der Waals surface area contributed by atoms with Gasteiger partial charge in [-0.05, 0) is 42.5 Å². The van der Waals surface area contributed by atoms with Crippen molar-refractivity contribution in [2.24, 2.45) is 0 Å². The number of anilines is 1. The van der Waals surface area contributed by atoms with Gasteiger partial charge in [-0.3, -0.25) is 9.71 Å². The summed E-state index contributed by atoms with van der Waals surface area (Å²) in [7, 11) is -2.54. The maximum Gasteiger partial charge on any atom is 0.265 e. The van der Waals surface area contributed by atoms with Crippen LogP contribution < -0.4 is 9.46 Å². The highest BCUT2D eigenvalue weighted by Crippen LogP contribution is 2.31. The van der Waals surface area contributed by atoms with Crippen molar-refractivity contribution in [2.45, 2.75) is 4.90 Å². The highest BCUT2D eigenvalue weighted by Gasteiger charge is 2.22. The van der Waals surface area contributed by atoms with Gasteiger partial charge in [-0.25, -0.2) is 8.42 Å². The number of ether oxygens (including phenoxy) is 1. The minimum atomic E-state index is -3.94. The van der Waals surface area contributed by atoms with Gasteiger partial charge in [0.25, 0.3) is 10.0 Å². The van der Waals surface area contributed by atoms with E-state index in [1.807, 2.05) is 30.3 Å². The lowest BCUT2D eigenvalue weighted by Crippen LogP contribution is -2.14. The second kappa shape index (κ2) is 7.72. The first-order valence-corrected chi connectivity index (χ1v) is 10.1. The fourth-order valence-electron chi connectivity index (χ4n) is 2.69. The van der Waals surface area contributed by atoms with Gasteiger partial charge in [-0.15, -0.1) is 10.2 Å². The maximum absolute atomic E-state index is 12.9. The molecular formula is C20H16N4O4S. The topological polar surface area (TPSA) is 107 Å². The van der Waals surface area contributed by atoms with Gasteiger partial charge in [0.15, 0.2) is 0 Å². The second-order valence-electron chi connectivity index (χ2n) is 5.99. The van der Waals surface area contributed by atoms with Gasteiger partial charge in [0.1, 0.15) is 10.6 Å². The van der Waals surface area contributed by atoms with Crippen molar-refractivity contribution in [1.82, 2.24) is 15.2 Å². The van der Waals surface area contributed by atoms with Gasteiger partial charge in [0.2, 0.25) is 11.8 Å². The largest absolute Gasteiger partial charge is 0.495 e. The lowest BCUT2D eigenvalue weighted by atomic mass is 10.2. The van der Waals surface area contributed by atoms with E-state index < -0.39 is 10.0 Å². The Kier molecular flexibility index (Phi) is 4.96. The zero-order chi connectivity index (χ0) is 20.3. The first kappa shape index (κ1) is 18.6. The van der Waals surface area contributed by atoms with Crippen LogP contribution >= 0.6 is 0 Å². The van der Waals surface area contributed by atoms with Crippen molar-refractivity contribution in [2.75, 3.05) is 11.8 Å². The van der Waals surface area contributed by atoms with Crippen molar-refractivity contribution in [1.29, 1.82) is 0 Å². The number of rotatable bonds is 6. The molecular weight excluding hydrogens is 392 g/mol. The minimum Gasteiger partial charge on any atom is -0.495 e. The van der Waals surface area contributed by atoms with Gasteiger partial charge in [-0.2, -0.15) is 0 Å². The number of nitrogens with one attached hydrogen (secondary N) is 1. The second-order valence-corrected chi connectivity index (χ2v) is 7.64.